The first kappa shape index (κ1) is 14.9. The number of ether oxygens (including phenoxy) is 1. The number of nitrogens with one attached hydrogen (secondary N) is 1. The molecular formula is C14H20N2O4. The second-order valence-electron chi connectivity index (χ2n) is 5.40. The van der Waals surface area contributed by atoms with Crippen molar-refractivity contribution in [3.8, 4) is 0 Å². The molecule has 0 spiro atoms. The Labute approximate surface area is 117 Å². The van der Waals surface area contributed by atoms with Gasteiger partial charge >= 0.3 is 0 Å². The lowest BCUT2D eigenvalue weighted by Gasteiger charge is -2.24. The molecule has 2 atom stereocenters. The fourth-order valence-corrected chi connectivity index (χ4v) is 2.39. The summed E-state index contributed by atoms with van der Waals surface area (Å²) in [5, 5.41) is 23.8. The minimum atomic E-state index is -0.680. The molecule has 1 aromatic rings. The minimum absolute atomic E-state index is 0.0285. The molecule has 2 N–H and O–H groups in total. The Hall–Kier alpha value is -1.50. The molecular weight excluding hydrogens is 260 g/mol. The number of benzene rings is 1. The third kappa shape index (κ3) is 3.75. The predicted octanol–water partition coefficient (Wildman–Crippen LogP) is 1.79. The average molecular weight is 280 g/mol. The second-order valence-corrected chi connectivity index (χ2v) is 5.40. The molecule has 1 saturated heterocycles. The van der Waals surface area contributed by atoms with Crippen molar-refractivity contribution in [3.05, 3.63) is 39.9 Å². The molecule has 0 aliphatic carbocycles. The molecule has 110 valence electrons. The van der Waals surface area contributed by atoms with E-state index in [2.05, 4.69) is 12.2 Å². The van der Waals surface area contributed by atoms with E-state index in [0.717, 1.165) is 19.4 Å². The monoisotopic (exact) mass is 280 g/mol. The third-order valence-corrected chi connectivity index (χ3v) is 3.63. The number of nitrogens with zero attached hydrogens (tertiary/aromatic N) is 1. The van der Waals surface area contributed by atoms with E-state index in [9.17, 15) is 15.2 Å². The van der Waals surface area contributed by atoms with Crippen molar-refractivity contribution in [1.82, 2.24) is 5.32 Å². The number of non-ortho nitro benzene ring substituents is 1. The largest absolute Gasteiger partial charge is 0.387 e. The summed E-state index contributed by atoms with van der Waals surface area (Å²) in [5.74, 6) is 0. The van der Waals surface area contributed by atoms with E-state index in [1.807, 2.05) is 0 Å². The van der Waals surface area contributed by atoms with Gasteiger partial charge in [0, 0.05) is 31.8 Å². The van der Waals surface area contributed by atoms with Gasteiger partial charge in [-0.2, -0.15) is 0 Å². The summed E-state index contributed by atoms with van der Waals surface area (Å²) in [6.07, 6.45) is 1.41. The predicted molar refractivity (Wildman–Crippen MR) is 74.5 cm³/mol. The summed E-state index contributed by atoms with van der Waals surface area (Å²) in [4.78, 5) is 10.1. The number of rotatable bonds is 6. The summed E-state index contributed by atoms with van der Waals surface area (Å²) in [6, 6.07) is 5.97. The quantitative estimate of drug-likeness (QED) is 0.613. The normalized spacial score (nSPS) is 23.7. The zero-order valence-corrected chi connectivity index (χ0v) is 11.5. The number of aliphatic hydroxyl groups excluding tert-OH is 1. The molecule has 1 fully saturated rings. The van der Waals surface area contributed by atoms with Crippen LogP contribution in [0.2, 0.25) is 0 Å². The van der Waals surface area contributed by atoms with Crippen LogP contribution in [0.25, 0.3) is 0 Å². The van der Waals surface area contributed by atoms with Gasteiger partial charge in [0.1, 0.15) is 0 Å². The van der Waals surface area contributed by atoms with E-state index in [1.54, 1.807) is 12.1 Å². The van der Waals surface area contributed by atoms with Crippen LogP contribution in [0, 0.1) is 10.1 Å². The molecule has 1 aliphatic rings. The number of aliphatic hydroxyl groups is 1. The third-order valence-electron chi connectivity index (χ3n) is 3.63. The van der Waals surface area contributed by atoms with Crippen LogP contribution in [0.5, 0.6) is 0 Å². The summed E-state index contributed by atoms with van der Waals surface area (Å²) in [5.41, 5.74) is 0.552. The average Bonchev–Trinajstić information content (AvgIpc) is 2.85. The van der Waals surface area contributed by atoms with Gasteiger partial charge in [-0.15, -0.1) is 0 Å². The van der Waals surface area contributed by atoms with E-state index < -0.39 is 11.0 Å². The van der Waals surface area contributed by atoms with Gasteiger partial charge in [0.2, 0.25) is 0 Å². The summed E-state index contributed by atoms with van der Waals surface area (Å²) in [6.45, 7) is 3.95. The van der Waals surface area contributed by atoms with Crippen LogP contribution in [0.3, 0.4) is 0 Å². The summed E-state index contributed by atoms with van der Waals surface area (Å²) in [7, 11) is 0. The van der Waals surface area contributed by atoms with Gasteiger partial charge in [-0.05, 0) is 37.5 Å². The molecule has 2 rings (SSSR count). The smallest absolute Gasteiger partial charge is 0.269 e. The lowest BCUT2D eigenvalue weighted by molar-refractivity contribution is -0.384. The lowest BCUT2D eigenvalue weighted by atomic mass is 10.0. The first-order valence-corrected chi connectivity index (χ1v) is 6.77. The Morgan fingerprint density at radius 1 is 1.50 bits per heavy atom. The molecule has 2 unspecified atom stereocenters. The molecule has 0 saturated carbocycles. The van der Waals surface area contributed by atoms with Crippen molar-refractivity contribution in [2.75, 3.05) is 19.7 Å². The van der Waals surface area contributed by atoms with Crippen LogP contribution in [-0.4, -0.2) is 35.3 Å². The molecule has 0 amide bonds. The number of nitro benzene ring substituents is 1. The van der Waals surface area contributed by atoms with Crippen molar-refractivity contribution in [3.63, 3.8) is 0 Å². The lowest BCUT2D eigenvalue weighted by Crippen LogP contribution is -2.38. The van der Waals surface area contributed by atoms with E-state index in [-0.39, 0.29) is 11.3 Å². The Bertz CT molecular complexity index is 455. The number of nitro groups is 1. The topological polar surface area (TPSA) is 84.6 Å². The molecule has 1 aromatic carbocycles. The van der Waals surface area contributed by atoms with Crippen LogP contribution in [0.4, 0.5) is 5.69 Å². The molecule has 0 aromatic heterocycles. The first-order valence-electron chi connectivity index (χ1n) is 6.77. The first-order chi connectivity index (χ1) is 9.50. The van der Waals surface area contributed by atoms with Gasteiger partial charge < -0.3 is 15.2 Å². The fraction of sp³-hybridized carbons (Fsp3) is 0.571. The van der Waals surface area contributed by atoms with E-state index in [1.165, 1.54) is 12.1 Å². The van der Waals surface area contributed by atoms with Crippen LogP contribution >= 0.6 is 0 Å². The molecule has 6 nitrogen and oxygen atoms in total. The van der Waals surface area contributed by atoms with Gasteiger partial charge in [0.05, 0.1) is 16.6 Å². The van der Waals surface area contributed by atoms with Crippen molar-refractivity contribution in [2.24, 2.45) is 0 Å². The minimum Gasteiger partial charge on any atom is -0.387 e. The molecule has 1 aliphatic heterocycles. The van der Waals surface area contributed by atoms with Crippen molar-refractivity contribution < 1.29 is 14.8 Å². The zero-order valence-electron chi connectivity index (χ0n) is 11.5. The van der Waals surface area contributed by atoms with Crippen molar-refractivity contribution >= 4 is 5.69 Å². The highest BCUT2D eigenvalue weighted by Gasteiger charge is 2.29. The Morgan fingerprint density at radius 2 is 2.20 bits per heavy atom. The van der Waals surface area contributed by atoms with Gasteiger partial charge in [-0.25, -0.2) is 0 Å². The highest BCUT2D eigenvalue weighted by molar-refractivity contribution is 5.33. The van der Waals surface area contributed by atoms with E-state index in [0.29, 0.717) is 18.7 Å². The van der Waals surface area contributed by atoms with E-state index in [4.69, 9.17) is 4.74 Å². The number of hydrogen-bond donors (Lipinski definition) is 2. The van der Waals surface area contributed by atoms with Crippen molar-refractivity contribution in [1.29, 1.82) is 0 Å². The Kier molecular flexibility index (Phi) is 4.69. The van der Waals surface area contributed by atoms with Gasteiger partial charge in [-0.3, -0.25) is 10.1 Å². The number of hydrogen-bond acceptors (Lipinski definition) is 5. The van der Waals surface area contributed by atoms with Crippen LogP contribution in [-0.2, 0) is 4.74 Å². The van der Waals surface area contributed by atoms with Crippen LogP contribution < -0.4 is 5.32 Å². The van der Waals surface area contributed by atoms with Gasteiger partial charge in [-0.1, -0.05) is 0 Å². The summed E-state index contributed by atoms with van der Waals surface area (Å²) >= 11 is 0. The maximum Gasteiger partial charge on any atom is 0.269 e. The highest BCUT2D eigenvalue weighted by Crippen LogP contribution is 2.24. The molecule has 1 heterocycles. The maximum absolute atomic E-state index is 10.6. The SMILES string of the molecule is CC1(CNCC(O)c2ccc([N+](=O)[O-])cc2)CCCO1. The van der Waals surface area contributed by atoms with Crippen LogP contribution in [0.1, 0.15) is 31.4 Å². The molecule has 20 heavy (non-hydrogen) atoms. The van der Waals surface area contributed by atoms with Gasteiger partial charge in [0.25, 0.3) is 5.69 Å². The van der Waals surface area contributed by atoms with E-state index >= 15 is 0 Å². The zero-order chi connectivity index (χ0) is 14.6. The summed E-state index contributed by atoms with van der Waals surface area (Å²) < 4.78 is 5.65. The Morgan fingerprint density at radius 3 is 2.75 bits per heavy atom. The second kappa shape index (κ2) is 6.30. The van der Waals surface area contributed by atoms with Crippen molar-refractivity contribution in [2.45, 2.75) is 31.5 Å². The highest BCUT2D eigenvalue weighted by atomic mass is 16.6. The fourth-order valence-electron chi connectivity index (χ4n) is 2.39. The molecule has 0 bridgehead atoms. The van der Waals surface area contributed by atoms with Crippen LogP contribution in [0.15, 0.2) is 24.3 Å². The Balaban J connectivity index is 1.82. The molecule has 0 radical (unpaired) electrons. The molecule has 6 heteroatoms. The standard InChI is InChI=1S/C14H20N2O4/c1-14(7-2-8-20-14)10-15-9-13(17)11-3-5-12(6-4-11)16(18)19/h3-6,13,15,17H,2,7-10H2,1H3. The van der Waals surface area contributed by atoms with Gasteiger partial charge in [0.15, 0.2) is 0 Å². The maximum atomic E-state index is 10.6.